The molecule has 0 spiro atoms. The molecule has 2 nitrogen and oxygen atoms in total. The molecule has 0 amide bonds. The summed E-state index contributed by atoms with van der Waals surface area (Å²) in [6.07, 6.45) is 4.00. The first kappa shape index (κ1) is 19.3. The third-order valence-electron chi connectivity index (χ3n) is 5.53. The molecule has 0 saturated carbocycles. The van der Waals surface area contributed by atoms with Crippen LogP contribution in [0.25, 0.3) is 15.7 Å². The lowest BCUT2D eigenvalue weighted by atomic mass is 10.1. The molecule has 31 heavy (non-hydrogen) atoms. The maximum Gasteiger partial charge on any atom is 0.100 e. The van der Waals surface area contributed by atoms with Gasteiger partial charge in [-0.1, -0.05) is 78.9 Å². The summed E-state index contributed by atoms with van der Waals surface area (Å²) in [7, 11) is 0. The van der Waals surface area contributed by atoms with Crippen molar-refractivity contribution in [3.8, 4) is 12.1 Å². The summed E-state index contributed by atoms with van der Waals surface area (Å²) in [5, 5.41) is 25.2. The van der Waals surface area contributed by atoms with E-state index in [4.69, 9.17) is 0 Å². The van der Waals surface area contributed by atoms with Crippen molar-refractivity contribution in [1.29, 1.82) is 10.5 Å². The molecule has 0 saturated heterocycles. The molecule has 0 N–H and O–H groups in total. The van der Waals surface area contributed by atoms with Crippen LogP contribution in [0.2, 0.25) is 0 Å². The summed E-state index contributed by atoms with van der Waals surface area (Å²) >= 11 is 1.69. The van der Waals surface area contributed by atoms with Gasteiger partial charge in [0.2, 0.25) is 0 Å². The first-order valence-corrected chi connectivity index (χ1v) is 12.5. The number of nitrogens with zero attached hydrogens (tertiary/aromatic N) is 2. The van der Waals surface area contributed by atoms with Gasteiger partial charge in [-0.05, 0) is 45.9 Å². The lowest BCUT2D eigenvalue weighted by molar-refractivity contribution is 1.52. The fraction of sp³-hybridized carbons (Fsp3) is 0. The van der Waals surface area contributed by atoms with Crippen LogP contribution < -0.4 is 10.6 Å². The number of nitriles is 2. The van der Waals surface area contributed by atoms with E-state index in [0.717, 1.165) is 21.1 Å². The van der Waals surface area contributed by atoms with Crippen LogP contribution >= 0.6 is 18.2 Å². The Balaban J connectivity index is 1.87. The first-order chi connectivity index (χ1) is 15.3. The van der Waals surface area contributed by atoms with Crippen LogP contribution in [0.5, 0.6) is 0 Å². The topological polar surface area (TPSA) is 47.6 Å². The number of benzene rings is 3. The predicted octanol–water partition coefficient (Wildman–Crippen LogP) is 6.07. The quantitative estimate of drug-likeness (QED) is 0.369. The van der Waals surface area contributed by atoms with E-state index in [0.29, 0.717) is 10.6 Å². The second kappa shape index (κ2) is 7.90. The molecule has 5 rings (SSSR count). The third-order valence-corrected chi connectivity index (χ3v) is 10.7. The second-order valence-electron chi connectivity index (χ2n) is 7.23. The first-order valence-electron chi connectivity index (χ1n) is 9.88. The van der Waals surface area contributed by atoms with Crippen molar-refractivity contribution < 1.29 is 0 Å². The smallest absolute Gasteiger partial charge is 0.100 e. The van der Waals surface area contributed by atoms with Gasteiger partial charge in [-0.2, -0.15) is 10.5 Å². The van der Waals surface area contributed by atoms with Crippen molar-refractivity contribution in [3.63, 3.8) is 0 Å². The van der Waals surface area contributed by atoms with Crippen LogP contribution in [0.1, 0.15) is 4.88 Å². The van der Waals surface area contributed by atoms with E-state index >= 15 is 0 Å². The number of hydrogen-bond acceptors (Lipinski definition) is 3. The number of fused-ring (bicyclic) bond motifs is 1. The second-order valence-corrected chi connectivity index (χ2v) is 11.7. The average molecular weight is 432 g/mol. The highest BCUT2D eigenvalue weighted by Crippen LogP contribution is 2.57. The Hall–Kier alpha value is -3.62. The van der Waals surface area contributed by atoms with Crippen LogP contribution in [0.4, 0.5) is 0 Å². The molecular weight excluding hydrogens is 415 g/mol. The fourth-order valence-corrected chi connectivity index (χ4v) is 9.07. The van der Waals surface area contributed by atoms with Gasteiger partial charge in [0.25, 0.3) is 0 Å². The summed E-state index contributed by atoms with van der Waals surface area (Å²) < 4.78 is 1.20. The largest absolute Gasteiger partial charge is 0.192 e. The van der Waals surface area contributed by atoms with Gasteiger partial charge in [-0.25, -0.2) is 0 Å². The lowest BCUT2D eigenvalue weighted by Gasteiger charge is -2.31. The highest BCUT2D eigenvalue weighted by Gasteiger charge is 2.34. The van der Waals surface area contributed by atoms with Crippen molar-refractivity contribution in [2.75, 3.05) is 0 Å². The van der Waals surface area contributed by atoms with E-state index < -0.39 is 6.89 Å². The minimum Gasteiger partial charge on any atom is -0.192 e. The summed E-state index contributed by atoms with van der Waals surface area (Å²) in [6, 6.07) is 35.4. The SMILES string of the molecule is N#CC1=CC(c2cc3ccccc3s2)=CC(C#N)=P1(c1ccccc1)c1ccccc1. The zero-order chi connectivity index (χ0) is 21.3. The van der Waals surface area contributed by atoms with Crippen molar-refractivity contribution in [1.82, 2.24) is 0 Å². The highest BCUT2D eigenvalue weighted by atomic mass is 32.1. The Labute approximate surface area is 185 Å². The molecule has 2 heterocycles. The van der Waals surface area contributed by atoms with E-state index in [-0.39, 0.29) is 0 Å². The summed E-state index contributed by atoms with van der Waals surface area (Å²) in [4.78, 5) is 1.07. The highest BCUT2D eigenvalue weighted by molar-refractivity contribution is 7.93. The maximum atomic E-state index is 10.3. The summed E-state index contributed by atoms with van der Waals surface area (Å²) in [5.41, 5.74) is 0.928. The minimum atomic E-state index is -2.52. The molecule has 0 bridgehead atoms. The minimum absolute atomic E-state index is 0.663. The van der Waals surface area contributed by atoms with Gasteiger partial charge < -0.3 is 0 Å². The number of rotatable bonds is 3. The van der Waals surface area contributed by atoms with Gasteiger partial charge in [0.15, 0.2) is 0 Å². The number of allylic oxidation sites excluding steroid dienone is 4. The molecular formula is C27H17N2PS. The lowest BCUT2D eigenvalue weighted by Crippen LogP contribution is -2.24. The molecule has 146 valence electrons. The molecule has 4 aromatic rings. The summed E-state index contributed by atoms with van der Waals surface area (Å²) in [5.74, 6) is 0. The predicted molar refractivity (Wildman–Crippen MR) is 133 cm³/mol. The third kappa shape index (κ3) is 3.08. The fourth-order valence-electron chi connectivity index (χ4n) is 4.15. The van der Waals surface area contributed by atoms with Crippen molar-refractivity contribution in [3.05, 3.63) is 113 Å². The molecule has 0 aliphatic carbocycles. The van der Waals surface area contributed by atoms with Crippen molar-refractivity contribution >= 4 is 49.8 Å². The van der Waals surface area contributed by atoms with Gasteiger partial charge >= 0.3 is 0 Å². The number of hydrogen-bond donors (Lipinski definition) is 0. The maximum absolute atomic E-state index is 10.3. The van der Waals surface area contributed by atoms with Gasteiger partial charge in [-0.3, -0.25) is 0 Å². The summed E-state index contributed by atoms with van der Waals surface area (Å²) in [6.45, 7) is -2.52. The Morgan fingerprint density at radius 3 is 1.87 bits per heavy atom. The zero-order valence-corrected chi connectivity index (χ0v) is 18.3. The van der Waals surface area contributed by atoms with E-state index in [9.17, 15) is 10.5 Å². The zero-order valence-electron chi connectivity index (χ0n) is 16.6. The normalized spacial score (nSPS) is 15.0. The van der Waals surface area contributed by atoms with E-state index in [2.05, 4.69) is 30.3 Å². The van der Waals surface area contributed by atoms with Gasteiger partial charge in [-0.15, -0.1) is 11.3 Å². The average Bonchev–Trinajstić information content (AvgIpc) is 3.28. The molecule has 0 atom stereocenters. The molecule has 3 aromatic carbocycles. The monoisotopic (exact) mass is 432 g/mol. The van der Waals surface area contributed by atoms with Gasteiger partial charge in [0, 0.05) is 16.5 Å². The van der Waals surface area contributed by atoms with Gasteiger partial charge in [0.05, 0.1) is 10.6 Å². The van der Waals surface area contributed by atoms with E-state index in [1.54, 1.807) is 11.3 Å². The molecule has 4 heteroatoms. The molecule has 0 radical (unpaired) electrons. The Bertz CT molecular complexity index is 1420. The molecule has 1 aromatic heterocycles. The van der Waals surface area contributed by atoms with Crippen LogP contribution in [-0.4, -0.2) is 5.29 Å². The molecule has 0 unspecified atom stereocenters. The molecule has 1 aliphatic heterocycles. The molecule has 0 fully saturated rings. The molecule has 1 aliphatic rings. The van der Waals surface area contributed by atoms with Crippen molar-refractivity contribution in [2.24, 2.45) is 0 Å². The van der Waals surface area contributed by atoms with E-state index in [1.165, 1.54) is 10.1 Å². The van der Waals surface area contributed by atoms with Gasteiger partial charge in [0.1, 0.15) is 12.1 Å². The van der Waals surface area contributed by atoms with Crippen molar-refractivity contribution in [2.45, 2.75) is 0 Å². The Kier molecular flexibility index (Phi) is 4.93. The van der Waals surface area contributed by atoms with Crippen LogP contribution in [-0.2, 0) is 0 Å². The van der Waals surface area contributed by atoms with E-state index in [1.807, 2.05) is 84.9 Å². The number of thiophene rings is 1. The van der Waals surface area contributed by atoms with Crippen LogP contribution in [0.15, 0.2) is 108 Å². The van der Waals surface area contributed by atoms with Crippen LogP contribution in [0, 0.1) is 22.7 Å². The van der Waals surface area contributed by atoms with Crippen LogP contribution in [0.3, 0.4) is 0 Å². The Morgan fingerprint density at radius 1 is 0.677 bits per heavy atom. The standard InChI is InChI=1S/C27H17N2PS/c28-18-24-15-21(27-17-20-9-7-8-14-26(20)31-27)16-25(19-29)30(24,22-10-3-1-4-11-22)23-12-5-2-6-13-23/h1-17H. The Morgan fingerprint density at radius 2 is 1.29 bits per heavy atom.